The third-order valence-corrected chi connectivity index (χ3v) is 4.19. The average Bonchev–Trinajstić information content (AvgIpc) is 2.66. The lowest BCUT2D eigenvalue weighted by atomic mass is 9.97. The molecule has 0 bridgehead atoms. The number of methoxy groups -OCH3 is 1. The van der Waals surface area contributed by atoms with Crippen molar-refractivity contribution in [3.8, 4) is 5.75 Å². The maximum absolute atomic E-state index is 13.0. The third-order valence-electron chi connectivity index (χ3n) is 4.19. The van der Waals surface area contributed by atoms with Gasteiger partial charge in [0, 0.05) is 24.5 Å². The topological polar surface area (TPSA) is 42.4 Å². The second-order valence-corrected chi connectivity index (χ2v) is 5.85. The molecule has 2 aromatic rings. The summed E-state index contributed by atoms with van der Waals surface area (Å²) < 4.78 is 5.26. The fourth-order valence-corrected chi connectivity index (χ4v) is 2.94. The van der Waals surface area contributed by atoms with E-state index in [0.29, 0.717) is 6.54 Å². The molecule has 132 valence electrons. The summed E-state index contributed by atoms with van der Waals surface area (Å²) in [5.41, 5.74) is 2.80. The quantitative estimate of drug-likeness (QED) is 0.703. The summed E-state index contributed by atoms with van der Waals surface area (Å²) in [7, 11) is 1.65. The second kappa shape index (κ2) is 9.02. The highest BCUT2D eigenvalue weighted by molar-refractivity contribution is 5.93. The molecule has 0 saturated carbocycles. The highest BCUT2D eigenvalue weighted by Crippen LogP contribution is 2.30. The van der Waals surface area contributed by atoms with Crippen LogP contribution in [0.5, 0.6) is 5.75 Å². The smallest absolute Gasteiger partial charge is 0.249 e. The predicted molar refractivity (Wildman–Crippen MR) is 101 cm³/mol. The van der Waals surface area contributed by atoms with Gasteiger partial charge in [0.1, 0.15) is 5.75 Å². The van der Waals surface area contributed by atoms with Gasteiger partial charge in [0.05, 0.1) is 13.2 Å². The number of hydrogen-bond donors (Lipinski definition) is 0. The molecule has 0 aliphatic rings. The van der Waals surface area contributed by atoms with Crippen LogP contribution in [0.3, 0.4) is 0 Å². The Morgan fingerprint density at radius 1 is 1.20 bits per heavy atom. The average molecular weight is 338 g/mol. The zero-order valence-corrected chi connectivity index (χ0v) is 15.4. The Balaban J connectivity index is 2.49. The molecule has 0 fully saturated rings. The molecule has 25 heavy (non-hydrogen) atoms. The van der Waals surface area contributed by atoms with E-state index in [9.17, 15) is 4.79 Å². The summed E-state index contributed by atoms with van der Waals surface area (Å²) in [5, 5.41) is 0. The monoisotopic (exact) mass is 338 g/mol. The fourth-order valence-electron chi connectivity index (χ4n) is 2.94. The van der Waals surface area contributed by atoms with Gasteiger partial charge >= 0.3 is 0 Å². The zero-order chi connectivity index (χ0) is 18.2. The molecule has 1 atom stereocenters. The van der Waals surface area contributed by atoms with Crippen LogP contribution >= 0.6 is 0 Å². The molecule has 0 N–H and O–H groups in total. The molecule has 1 aromatic carbocycles. The Labute approximate surface area is 150 Å². The molecular weight excluding hydrogens is 312 g/mol. The van der Waals surface area contributed by atoms with Crippen LogP contribution in [0.15, 0.2) is 60.4 Å². The van der Waals surface area contributed by atoms with Crippen LogP contribution in [0.2, 0.25) is 0 Å². The molecule has 1 heterocycles. The summed E-state index contributed by atoms with van der Waals surface area (Å²) >= 11 is 0. The SMILES string of the molecule is CC/C=C(/C)C(=O)N(CC)[C@@H](c1ccc(OC)cc1)c1cccnc1. The first kappa shape index (κ1) is 18.7. The molecule has 0 saturated heterocycles. The lowest BCUT2D eigenvalue weighted by molar-refractivity contribution is -0.128. The molecule has 0 radical (unpaired) electrons. The molecule has 1 amide bonds. The van der Waals surface area contributed by atoms with Gasteiger partial charge in [0.25, 0.3) is 0 Å². The number of benzene rings is 1. The van der Waals surface area contributed by atoms with Crippen molar-refractivity contribution in [1.29, 1.82) is 0 Å². The summed E-state index contributed by atoms with van der Waals surface area (Å²) in [4.78, 5) is 19.1. The lowest BCUT2D eigenvalue weighted by Crippen LogP contribution is -2.36. The number of amides is 1. The molecular formula is C21H26N2O2. The first-order chi connectivity index (χ1) is 12.1. The van der Waals surface area contributed by atoms with E-state index in [1.165, 1.54) is 0 Å². The van der Waals surface area contributed by atoms with Crippen LogP contribution in [-0.4, -0.2) is 29.4 Å². The molecule has 0 spiro atoms. The third kappa shape index (κ3) is 4.47. The van der Waals surface area contributed by atoms with Gasteiger partial charge in [-0.15, -0.1) is 0 Å². The maximum Gasteiger partial charge on any atom is 0.249 e. The summed E-state index contributed by atoms with van der Waals surface area (Å²) in [6.07, 6.45) is 6.38. The van der Waals surface area contributed by atoms with Crippen LogP contribution in [-0.2, 0) is 4.79 Å². The maximum atomic E-state index is 13.0. The van der Waals surface area contributed by atoms with Crippen molar-refractivity contribution in [3.63, 3.8) is 0 Å². The molecule has 4 heteroatoms. The van der Waals surface area contributed by atoms with Crippen molar-refractivity contribution in [2.24, 2.45) is 0 Å². The van der Waals surface area contributed by atoms with Gasteiger partial charge in [-0.25, -0.2) is 0 Å². The number of nitrogens with zero attached hydrogens (tertiary/aromatic N) is 2. The summed E-state index contributed by atoms with van der Waals surface area (Å²) in [6, 6.07) is 11.6. The van der Waals surface area contributed by atoms with E-state index in [-0.39, 0.29) is 11.9 Å². The number of rotatable bonds is 7. The van der Waals surface area contributed by atoms with Gasteiger partial charge < -0.3 is 9.64 Å². The number of aromatic nitrogens is 1. The highest BCUT2D eigenvalue weighted by Gasteiger charge is 2.26. The highest BCUT2D eigenvalue weighted by atomic mass is 16.5. The van der Waals surface area contributed by atoms with Crippen molar-refractivity contribution in [2.75, 3.05) is 13.7 Å². The second-order valence-electron chi connectivity index (χ2n) is 5.85. The minimum atomic E-state index is -0.183. The standard InChI is InChI=1S/C21H26N2O2/c1-5-8-16(3)21(24)23(6-2)20(18-9-7-14-22-15-18)17-10-12-19(25-4)13-11-17/h7-15,20H,5-6H2,1-4H3/b16-8-/t20-/m0/s1. The Hall–Kier alpha value is -2.62. The van der Waals surface area contributed by atoms with Crippen molar-refractivity contribution in [2.45, 2.75) is 33.2 Å². The largest absolute Gasteiger partial charge is 0.497 e. The van der Waals surface area contributed by atoms with E-state index in [2.05, 4.69) is 4.98 Å². The molecule has 0 aliphatic heterocycles. The minimum absolute atomic E-state index is 0.0500. The van der Waals surface area contributed by atoms with Crippen molar-refractivity contribution in [3.05, 3.63) is 71.6 Å². The Kier molecular flexibility index (Phi) is 6.75. The number of allylic oxidation sites excluding steroid dienone is 1. The van der Waals surface area contributed by atoms with E-state index in [4.69, 9.17) is 4.74 Å². The lowest BCUT2D eigenvalue weighted by Gasteiger charge is -2.32. The molecule has 2 rings (SSSR count). The van der Waals surface area contributed by atoms with E-state index in [1.54, 1.807) is 13.3 Å². The molecule has 0 unspecified atom stereocenters. The van der Waals surface area contributed by atoms with Crippen LogP contribution in [0, 0.1) is 0 Å². The number of hydrogen-bond acceptors (Lipinski definition) is 3. The molecule has 1 aromatic heterocycles. The fraction of sp³-hybridized carbons (Fsp3) is 0.333. The van der Waals surface area contributed by atoms with Crippen molar-refractivity contribution < 1.29 is 9.53 Å². The van der Waals surface area contributed by atoms with Crippen molar-refractivity contribution >= 4 is 5.91 Å². The number of ether oxygens (including phenoxy) is 1. The van der Waals surface area contributed by atoms with Gasteiger partial charge in [0.2, 0.25) is 5.91 Å². The van der Waals surface area contributed by atoms with Gasteiger partial charge in [-0.05, 0) is 49.6 Å². The Morgan fingerprint density at radius 2 is 1.92 bits per heavy atom. The number of pyridine rings is 1. The van der Waals surface area contributed by atoms with E-state index < -0.39 is 0 Å². The predicted octanol–water partition coefficient (Wildman–Crippen LogP) is 4.38. The number of likely N-dealkylation sites (N-methyl/N-ethyl adjacent to an activating group) is 1. The first-order valence-corrected chi connectivity index (χ1v) is 8.63. The van der Waals surface area contributed by atoms with Crippen LogP contribution < -0.4 is 4.74 Å². The zero-order valence-electron chi connectivity index (χ0n) is 15.4. The van der Waals surface area contributed by atoms with Gasteiger partial charge in [-0.3, -0.25) is 9.78 Å². The van der Waals surface area contributed by atoms with Crippen molar-refractivity contribution in [1.82, 2.24) is 9.88 Å². The first-order valence-electron chi connectivity index (χ1n) is 8.63. The minimum Gasteiger partial charge on any atom is -0.497 e. The molecule has 4 nitrogen and oxygen atoms in total. The van der Waals surface area contributed by atoms with Crippen LogP contribution in [0.1, 0.15) is 44.4 Å². The van der Waals surface area contributed by atoms with E-state index in [0.717, 1.165) is 28.9 Å². The summed E-state index contributed by atoms with van der Waals surface area (Å²) in [6.45, 7) is 6.53. The Bertz CT molecular complexity index is 708. The summed E-state index contributed by atoms with van der Waals surface area (Å²) in [5.74, 6) is 0.846. The van der Waals surface area contributed by atoms with Crippen LogP contribution in [0.4, 0.5) is 0 Å². The van der Waals surface area contributed by atoms with Gasteiger partial charge in [-0.2, -0.15) is 0 Å². The van der Waals surface area contributed by atoms with Gasteiger partial charge in [-0.1, -0.05) is 31.2 Å². The number of carbonyl (C=O) groups excluding carboxylic acids is 1. The van der Waals surface area contributed by atoms with Gasteiger partial charge in [0.15, 0.2) is 0 Å². The number of carbonyl (C=O) groups is 1. The molecule has 0 aliphatic carbocycles. The normalized spacial score (nSPS) is 12.6. The Morgan fingerprint density at radius 3 is 2.44 bits per heavy atom. The van der Waals surface area contributed by atoms with E-state index in [1.807, 2.05) is 74.3 Å². The van der Waals surface area contributed by atoms with Crippen LogP contribution in [0.25, 0.3) is 0 Å². The van der Waals surface area contributed by atoms with E-state index >= 15 is 0 Å².